The molecule has 1 N–H and O–H groups in total. The van der Waals surface area contributed by atoms with E-state index in [-0.39, 0.29) is 17.4 Å². The minimum absolute atomic E-state index is 0.0261. The van der Waals surface area contributed by atoms with Crippen LogP contribution in [0.25, 0.3) is 0 Å². The first kappa shape index (κ1) is 16.1. The molecule has 0 heterocycles. The fourth-order valence-corrected chi connectivity index (χ4v) is 2.60. The van der Waals surface area contributed by atoms with Gasteiger partial charge in [-0.05, 0) is 37.3 Å². The Labute approximate surface area is 133 Å². The van der Waals surface area contributed by atoms with Crippen molar-refractivity contribution in [2.75, 3.05) is 18.2 Å². The van der Waals surface area contributed by atoms with Gasteiger partial charge in [0.25, 0.3) is 0 Å². The minimum Gasteiger partial charge on any atom is -0.497 e. The normalized spacial score (nSPS) is 10.1. The molecule has 0 fully saturated rings. The number of thioether (sulfide) groups is 1. The summed E-state index contributed by atoms with van der Waals surface area (Å²) in [6.45, 7) is 1.50. The monoisotopic (exact) mass is 315 g/mol. The highest BCUT2D eigenvalue weighted by atomic mass is 32.2. The maximum Gasteiger partial charge on any atom is 0.234 e. The van der Waals surface area contributed by atoms with Crippen LogP contribution in [-0.4, -0.2) is 24.6 Å². The van der Waals surface area contributed by atoms with Gasteiger partial charge in [-0.1, -0.05) is 18.2 Å². The van der Waals surface area contributed by atoms with Gasteiger partial charge in [-0.25, -0.2) is 0 Å². The number of carbonyl (C=O) groups excluding carboxylic acids is 2. The van der Waals surface area contributed by atoms with E-state index < -0.39 is 0 Å². The van der Waals surface area contributed by atoms with Crippen LogP contribution in [0.3, 0.4) is 0 Å². The highest BCUT2D eigenvalue weighted by molar-refractivity contribution is 8.00. The fraction of sp³-hybridized carbons (Fsp3) is 0.176. The number of ether oxygens (including phenoxy) is 1. The van der Waals surface area contributed by atoms with Crippen molar-refractivity contribution >= 4 is 29.1 Å². The van der Waals surface area contributed by atoms with Crippen LogP contribution in [0.15, 0.2) is 53.4 Å². The summed E-state index contributed by atoms with van der Waals surface area (Å²) in [5.41, 5.74) is 1.21. The number of hydrogen-bond donors (Lipinski definition) is 1. The Balaban J connectivity index is 1.92. The highest BCUT2D eigenvalue weighted by Crippen LogP contribution is 2.23. The number of benzene rings is 2. The average molecular weight is 315 g/mol. The Morgan fingerprint density at radius 1 is 1.14 bits per heavy atom. The lowest BCUT2D eigenvalue weighted by Gasteiger charge is -2.07. The lowest BCUT2D eigenvalue weighted by molar-refractivity contribution is -0.113. The SMILES string of the molecule is COc1cccc(SCC(=O)Nc2cccc(C(C)=O)c2)c1. The number of methoxy groups -OCH3 is 1. The van der Waals surface area contributed by atoms with Crippen molar-refractivity contribution in [3.8, 4) is 5.75 Å². The van der Waals surface area contributed by atoms with Crippen LogP contribution in [0.5, 0.6) is 5.75 Å². The van der Waals surface area contributed by atoms with Crippen LogP contribution in [0.1, 0.15) is 17.3 Å². The molecule has 0 aromatic heterocycles. The molecule has 2 aromatic carbocycles. The van der Waals surface area contributed by atoms with Crippen LogP contribution >= 0.6 is 11.8 Å². The summed E-state index contributed by atoms with van der Waals surface area (Å²) in [5, 5.41) is 2.79. The Morgan fingerprint density at radius 3 is 2.64 bits per heavy atom. The zero-order chi connectivity index (χ0) is 15.9. The summed E-state index contributed by atoms with van der Waals surface area (Å²) in [5.74, 6) is 0.909. The predicted octanol–water partition coefficient (Wildman–Crippen LogP) is 3.63. The number of amides is 1. The van der Waals surface area contributed by atoms with Crippen molar-refractivity contribution in [1.82, 2.24) is 0 Å². The Kier molecular flexibility index (Phi) is 5.61. The third-order valence-electron chi connectivity index (χ3n) is 2.96. The lowest BCUT2D eigenvalue weighted by atomic mass is 10.1. The molecule has 0 atom stereocenters. The Morgan fingerprint density at radius 2 is 1.91 bits per heavy atom. The van der Waals surface area contributed by atoms with Gasteiger partial charge in [-0.3, -0.25) is 9.59 Å². The Bertz CT molecular complexity index is 685. The molecule has 22 heavy (non-hydrogen) atoms. The van der Waals surface area contributed by atoms with Crippen LogP contribution in [0.4, 0.5) is 5.69 Å². The maximum absolute atomic E-state index is 12.0. The molecular weight excluding hydrogens is 298 g/mol. The molecule has 0 radical (unpaired) electrons. The van der Waals surface area contributed by atoms with Gasteiger partial charge in [0.1, 0.15) is 5.75 Å². The van der Waals surface area contributed by atoms with Gasteiger partial charge in [0.15, 0.2) is 5.78 Å². The lowest BCUT2D eigenvalue weighted by Crippen LogP contribution is -2.14. The van der Waals surface area contributed by atoms with Gasteiger partial charge in [0.2, 0.25) is 5.91 Å². The molecule has 0 unspecified atom stereocenters. The molecule has 2 rings (SSSR count). The van der Waals surface area contributed by atoms with Gasteiger partial charge in [-0.2, -0.15) is 0 Å². The average Bonchev–Trinajstić information content (AvgIpc) is 2.53. The number of hydrogen-bond acceptors (Lipinski definition) is 4. The minimum atomic E-state index is -0.117. The molecule has 0 aliphatic heterocycles. The van der Waals surface area contributed by atoms with Crippen molar-refractivity contribution in [3.05, 3.63) is 54.1 Å². The van der Waals surface area contributed by atoms with E-state index in [0.29, 0.717) is 11.3 Å². The van der Waals surface area contributed by atoms with Gasteiger partial charge in [0, 0.05) is 16.1 Å². The molecule has 114 valence electrons. The third-order valence-corrected chi connectivity index (χ3v) is 3.96. The first-order valence-corrected chi connectivity index (χ1v) is 7.75. The van der Waals surface area contributed by atoms with E-state index in [2.05, 4.69) is 5.32 Å². The van der Waals surface area contributed by atoms with Crippen molar-refractivity contribution in [2.45, 2.75) is 11.8 Å². The van der Waals surface area contributed by atoms with Crippen LogP contribution in [0, 0.1) is 0 Å². The number of anilines is 1. The number of ketones is 1. The Hall–Kier alpha value is -2.27. The third kappa shape index (κ3) is 4.63. The van der Waals surface area contributed by atoms with Gasteiger partial charge >= 0.3 is 0 Å². The molecule has 1 amide bonds. The standard InChI is InChI=1S/C17H17NO3S/c1-12(19)13-5-3-6-14(9-13)18-17(20)11-22-16-8-4-7-15(10-16)21-2/h3-10H,11H2,1-2H3,(H,18,20). The van der Waals surface area contributed by atoms with E-state index in [1.807, 2.05) is 24.3 Å². The van der Waals surface area contributed by atoms with E-state index in [0.717, 1.165) is 10.6 Å². The van der Waals surface area contributed by atoms with Crippen LogP contribution < -0.4 is 10.1 Å². The molecule has 0 saturated heterocycles. The van der Waals surface area contributed by atoms with Gasteiger partial charge in [0.05, 0.1) is 12.9 Å². The molecule has 0 bridgehead atoms. The van der Waals surface area contributed by atoms with E-state index in [4.69, 9.17) is 4.74 Å². The van der Waals surface area contributed by atoms with Gasteiger partial charge < -0.3 is 10.1 Å². The maximum atomic E-state index is 12.0. The van der Waals surface area contributed by atoms with E-state index in [1.165, 1.54) is 18.7 Å². The van der Waals surface area contributed by atoms with Crippen LogP contribution in [0.2, 0.25) is 0 Å². The van der Waals surface area contributed by atoms with E-state index in [9.17, 15) is 9.59 Å². The molecule has 2 aromatic rings. The molecule has 0 aliphatic carbocycles. The predicted molar refractivity (Wildman–Crippen MR) is 88.8 cm³/mol. The second-order valence-electron chi connectivity index (χ2n) is 4.65. The summed E-state index contributed by atoms with van der Waals surface area (Å²) in [6, 6.07) is 14.5. The quantitative estimate of drug-likeness (QED) is 0.653. The zero-order valence-corrected chi connectivity index (χ0v) is 13.3. The summed E-state index contributed by atoms with van der Waals surface area (Å²) in [6.07, 6.45) is 0. The molecule has 0 saturated carbocycles. The van der Waals surface area contributed by atoms with Crippen LogP contribution in [-0.2, 0) is 4.79 Å². The number of Topliss-reactive ketones (excluding diaryl/α,β-unsaturated/α-hetero) is 1. The molecule has 0 aliphatic rings. The van der Waals surface area contributed by atoms with E-state index in [1.54, 1.807) is 31.4 Å². The van der Waals surface area contributed by atoms with Gasteiger partial charge in [-0.15, -0.1) is 11.8 Å². The van der Waals surface area contributed by atoms with Crippen molar-refractivity contribution < 1.29 is 14.3 Å². The second kappa shape index (κ2) is 7.66. The topological polar surface area (TPSA) is 55.4 Å². The van der Waals surface area contributed by atoms with Crippen molar-refractivity contribution in [1.29, 1.82) is 0 Å². The van der Waals surface area contributed by atoms with E-state index >= 15 is 0 Å². The molecule has 4 nitrogen and oxygen atoms in total. The summed E-state index contributed by atoms with van der Waals surface area (Å²) in [4.78, 5) is 24.3. The number of nitrogens with one attached hydrogen (secondary N) is 1. The first-order valence-electron chi connectivity index (χ1n) is 6.76. The largest absolute Gasteiger partial charge is 0.497 e. The zero-order valence-electron chi connectivity index (χ0n) is 12.5. The smallest absolute Gasteiger partial charge is 0.234 e. The number of carbonyl (C=O) groups is 2. The van der Waals surface area contributed by atoms with Crippen molar-refractivity contribution in [2.24, 2.45) is 0 Å². The number of rotatable bonds is 6. The fourth-order valence-electron chi connectivity index (χ4n) is 1.85. The second-order valence-corrected chi connectivity index (χ2v) is 5.70. The molecule has 5 heteroatoms. The highest BCUT2D eigenvalue weighted by Gasteiger charge is 2.06. The summed E-state index contributed by atoms with van der Waals surface area (Å²) in [7, 11) is 1.61. The van der Waals surface area contributed by atoms with Crippen molar-refractivity contribution in [3.63, 3.8) is 0 Å². The molecule has 0 spiro atoms. The molecular formula is C17H17NO3S. The summed E-state index contributed by atoms with van der Waals surface area (Å²) >= 11 is 1.43. The first-order chi connectivity index (χ1) is 10.6. The summed E-state index contributed by atoms with van der Waals surface area (Å²) < 4.78 is 5.15.